The van der Waals surface area contributed by atoms with Gasteiger partial charge in [0, 0.05) is 21.2 Å². The van der Waals surface area contributed by atoms with Crippen LogP contribution in [0.3, 0.4) is 0 Å². The van der Waals surface area contributed by atoms with Crippen LogP contribution < -0.4 is 10.2 Å². The van der Waals surface area contributed by atoms with Gasteiger partial charge in [-0.15, -0.1) is 0 Å². The van der Waals surface area contributed by atoms with E-state index < -0.39 is 11.7 Å². The van der Waals surface area contributed by atoms with Gasteiger partial charge in [0.05, 0.1) is 12.1 Å². The van der Waals surface area contributed by atoms with E-state index >= 15 is 0 Å². The maximum atomic E-state index is 12.8. The van der Waals surface area contributed by atoms with E-state index in [9.17, 15) is 18.0 Å². The molecule has 0 aliphatic carbocycles. The molecule has 0 amide bonds. The SMILES string of the molecule is O=c1[nH]c(CNc2ccc(Br)cc2C(F)(F)F)cs1. The molecule has 0 radical (unpaired) electrons. The summed E-state index contributed by atoms with van der Waals surface area (Å²) < 4.78 is 38.9. The topological polar surface area (TPSA) is 44.9 Å². The van der Waals surface area contributed by atoms with Crippen LogP contribution in [-0.4, -0.2) is 4.98 Å². The van der Waals surface area contributed by atoms with Crippen LogP contribution in [0.15, 0.2) is 32.8 Å². The van der Waals surface area contributed by atoms with Gasteiger partial charge in [0.1, 0.15) is 0 Å². The molecule has 3 nitrogen and oxygen atoms in total. The van der Waals surface area contributed by atoms with Crippen LogP contribution in [0.1, 0.15) is 11.3 Å². The van der Waals surface area contributed by atoms with E-state index in [1.54, 1.807) is 5.38 Å². The Balaban J connectivity index is 2.22. The fraction of sp³-hybridized carbons (Fsp3) is 0.182. The summed E-state index contributed by atoms with van der Waals surface area (Å²) in [4.78, 5) is 13.2. The molecule has 0 spiro atoms. The minimum atomic E-state index is -4.44. The lowest BCUT2D eigenvalue weighted by molar-refractivity contribution is -0.137. The zero-order valence-corrected chi connectivity index (χ0v) is 11.7. The van der Waals surface area contributed by atoms with Crippen molar-refractivity contribution in [3.8, 4) is 0 Å². The summed E-state index contributed by atoms with van der Waals surface area (Å²) in [5, 5.41) is 4.24. The number of anilines is 1. The van der Waals surface area contributed by atoms with Gasteiger partial charge in [-0.25, -0.2) is 0 Å². The highest BCUT2D eigenvalue weighted by molar-refractivity contribution is 9.10. The first kappa shape index (κ1) is 14.1. The van der Waals surface area contributed by atoms with Crippen LogP contribution in [0.2, 0.25) is 0 Å². The normalized spacial score (nSPS) is 11.6. The number of rotatable bonds is 3. The molecule has 1 aromatic heterocycles. The highest BCUT2D eigenvalue weighted by Gasteiger charge is 2.33. The second-order valence-electron chi connectivity index (χ2n) is 3.71. The average Bonchev–Trinajstić information content (AvgIpc) is 2.72. The molecule has 0 bridgehead atoms. The number of nitrogens with one attached hydrogen (secondary N) is 2. The monoisotopic (exact) mass is 352 g/mol. The fourth-order valence-corrected chi connectivity index (χ4v) is 2.44. The molecule has 0 saturated heterocycles. The Hall–Kier alpha value is -1.28. The van der Waals surface area contributed by atoms with Crippen molar-refractivity contribution in [1.29, 1.82) is 0 Å². The maximum Gasteiger partial charge on any atom is 0.418 e. The van der Waals surface area contributed by atoms with E-state index in [0.29, 0.717) is 10.2 Å². The van der Waals surface area contributed by atoms with E-state index in [1.807, 2.05) is 0 Å². The fourth-order valence-electron chi connectivity index (χ4n) is 1.50. The molecule has 1 aromatic carbocycles. The molecule has 0 fully saturated rings. The Morgan fingerprint density at radius 3 is 2.68 bits per heavy atom. The van der Waals surface area contributed by atoms with Crippen molar-refractivity contribution >= 4 is 33.0 Å². The predicted molar refractivity (Wildman–Crippen MR) is 71.4 cm³/mol. The predicted octanol–water partition coefficient (Wildman–Crippen LogP) is 3.83. The second kappa shape index (κ2) is 5.38. The highest BCUT2D eigenvalue weighted by Crippen LogP contribution is 2.36. The third-order valence-corrected chi connectivity index (χ3v) is 3.54. The molecule has 0 saturated carbocycles. The van der Waals surface area contributed by atoms with Gasteiger partial charge in [-0.3, -0.25) is 4.79 Å². The number of benzene rings is 1. The Kier molecular flexibility index (Phi) is 4.00. The largest absolute Gasteiger partial charge is 0.418 e. The van der Waals surface area contributed by atoms with Gasteiger partial charge in [0.2, 0.25) is 0 Å². The van der Waals surface area contributed by atoms with Gasteiger partial charge in [-0.1, -0.05) is 27.3 Å². The van der Waals surface area contributed by atoms with Crippen molar-refractivity contribution in [1.82, 2.24) is 4.98 Å². The van der Waals surface area contributed by atoms with E-state index in [0.717, 1.165) is 17.4 Å². The minimum Gasteiger partial charge on any atom is -0.379 e. The quantitative estimate of drug-likeness (QED) is 0.881. The van der Waals surface area contributed by atoms with Crippen LogP contribution in [0.4, 0.5) is 18.9 Å². The van der Waals surface area contributed by atoms with Gasteiger partial charge in [-0.05, 0) is 18.2 Å². The van der Waals surface area contributed by atoms with E-state index in [1.165, 1.54) is 12.1 Å². The van der Waals surface area contributed by atoms with Gasteiger partial charge in [0.25, 0.3) is 0 Å². The zero-order chi connectivity index (χ0) is 14.0. The van der Waals surface area contributed by atoms with Crippen molar-refractivity contribution < 1.29 is 13.2 Å². The first-order valence-electron chi connectivity index (χ1n) is 5.13. The average molecular weight is 353 g/mol. The van der Waals surface area contributed by atoms with Crippen LogP contribution >= 0.6 is 27.3 Å². The van der Waals surface area contributed by atoms with Crippen LogP contribution in [0.5, 0.6) is 0 Å². The third-order valence-electron chi connectivity index (χ3n) is 2.33. The molecule has 0 aliphatic heterocycles. The smallest absolute Gasteiger partial charge is 0.379 e. The summed E-state index contributed by atoms with van der Waals surface area (Å²) in [5.74, 6) is 0. The van der Waals surface area contributed by atoms with E-state index in [2.05, 4.69) is 26.2 Å². The van der Waals surface area contributed by atoms with E-state index in [4.69, 9.17) is 0 Å². The number of halogens is 4. The number of hydrogen-bond acceptors (Lipinski definition) is 3. The van der Waals surface area contributed by atoms with Crippen molar-refractivity contribution in [2.24, 2.45) is 0 Å². The molecule has 1 heterocycles. The number of hydrogen-bond donors (Lipinski definition) is 2. The lowest BCUT2D eigenvalue weighted by Crippen LogP contribution is -2.11. The van der Waals surface area contributed by atoms with Crippen LogP contribution in [-0.2, 0) is 12.7 Å². The lowest BCUT2D eigenvalue weighted by atomic mass is 10.1. The van der Waals surface area contributed by atoms with Gasteiger partial charge < -0.3 is 10.3 Å². The number of alkyl halides is 3. The second-order valence-corrected chi connectivity index (χ2v) is 5.47. The van der Waals surface area contributed by atoms with Crippen LogP contribution in [0.25, 0.3) is 0 Å². The molecule has 2 aromatic rings. The summed E-state index contributed by atoms with van der Waals surface area (Å²) in [5.41, 5.74) is -0.228. The molecule has 8 heteroatoms. The molecule has 0 atom stereocenters. The highest BCUT2D eigenvalue weighted by atomic mass is 79.9. The Morgan fingerprint density at radius 2 is 2.11 bits per heavy atom. The standard InChI is InChI=1S/C11H8BrF3N2OS/c12-6-1-2-9(8(3-6)11(13,14)15)16-4-7-5-19-10(18)17-7/h1-3,5,16H,4H2,(H,17,18). The number of aromatic nitrogens is 1. The summed E-state index contributed by atoms with van der Waals surface area (Å²) in [7, 11) is 0. The van der Waals surface area contributed by atoms with Crippen molar-refractivity contribution in [3.63, 3.8) is 0 Å². The Bertz CT molecular complexity index is 635. The molecule has 2 N–H and O–H groups in total. The molecule has 2 rings (SSSR count). The Morgan fingerprint density at radius 1 is 1.37 bits per heavy atom. The molecule has 0 unspecified atom stereocenters. The van der Waals surface area contributed by atoms with Gasteiger partial charge in [-0.2, -0.15) is 13.2 Å². The maximum absolute atomic E-state index is 12.8. The van der Waals surface area contributed by atoms with E-state index in [-0.39, 0.29) is 17.1 Å². The number of thiazole rings is 1. The third kappa shape index (κ3) is 3.60. The molecule has 102 valence electrons. The van der Waals surface area contributed by atoms with Crippen molar-refractivity contribution in [2.45, 2.75) is 12.7 Å². The zero-order valence-electron chi connectivity index (χ0n) is 9.34. The lowest BCUT2D eigenvalue weighted by Gasteiger charge is -2.14. The van der Waals surface area contributed by atoms with Gasteiger partial charge >= 0.3 is 11.0 Å². The first-order valence-corrected chi connectivity index (χ1v) is 6.81. The summed E-state index contributed by atoms with van der Waals surface area (Å²) in [6, 6.07) is 3.88. The minimum absolute atomic E-state index is 0.0252. The summed E-state index contributed by atoms with van der Waals surface area (Å²) in [6.45, 7) is 0.128. The molecule has 19 heavy (non-hydrogen) atoms. The Labute approximate surface area is 118 Å². The van der Waals surface area contributed by atoms with Crippen LogP contribution in [0, 0.1) is 0 Å². The van der Waals surface area contributed by atoms with Crippen molar-refractivity contribution in [2.75, 3.05) is 5.32 Å². The number of H-pyrrole nitrogens is 1. The molecule has 0 aliphatic rings. The van der Waals surface area contributed by atoms with Crippen molar-refractivity contribution in [3.05, 3.63) is 49.0 Å². The molecular formula is C11H8BrF3N2OS. The summed E-state index contributed by atoms with van der Waals surface area (Å²) >= 11 is 3.99. The number of aromatic amines is 1. The van der Waals surface area contributed by atoms with Gasteiger partial charge in [0.15, 0.2) is 0 Å². The summed E-state index contributed by atoms with van der Waals surface area (Å²) in [6.07, 6.45) is -4.44. The molecular weight excluding hydrogens is 345 g/mol. The first-order chi connectivity index (χ1) is 8.86.